The van der Waals surface area contributed by atoms with Crippen molar-refractivity contribution in [2.45, 2.75) is 24.5 Å². The molecule has 1 aromatic rings. The van der Waals surface area contributed by atoms with E-state index in [0.717, 1.165) is 7.11 Å². The van der Waals surface area contributed by atoms with Crippen molar-refractivity contribution in [2.24, 2.45) is 0 Å². The zero-order valence-electron chi connectivity index (χ0n) is 11.1. The topological polar surface area (TPSA) is 69.7 Å². The molecule has 0 fully saturated rings. The van der Waals surface area contributed by atoms with Gasteiger partial charge in [-0.25, -0.2) is 8.98 Å². The van der Waals surface area contributed by atoms with E-state index in [1.54, 1.807) is 18.2 Å². The summed E-state index contributed by atoms with van der Waals surface area (Å²) in [5.74, 6) is -2.16. The van der Waals surface area contributed by atoms with Crippen LogP contribution in [0.15, 0.2) is 30.3 Å². The molecule has 1 aromatic carbocycles. The molecular formula is C12H13F3O5S. The third-order valence-electron chi connectivity index (χ3n) is 2.73. The predicted octanol–water partition coefficient (Wildman–Crippen LogP) is 2.20. The van der Waals surface area contributed by atoms with Crippen molar-refractivity contribution >= 4 is 16.1 Å². The minimum atomic E-state index is -5.91. The van der Waals surface area contributed by atoms with Crippen LogP contribution in [0.4, 0.5) is 13.2 Å². The molecule has 0 N–H and O–H groups in total. The number of carbonyl (C=O) groups excluding carboxylic acids is 1. The molecule has 0 saturated heterocycles. The molecule has 21 heavy (non-hydrogen) atoms. The molecular weight excluding hydrogens is 313 g/mol. The van der Waals surface area contributed by atoms with Gasteiger partial charge in [-0.05, 0) is 5.56 Å². The van der Waals surface area contributed by atoms with Crippen molar-refractivity contribution < 1.29 is 35.3 Å². The Morgan fingerprint density at radius 3 is 2.14 bits per heavy atom. The van der Waals surface area contributed by atoms with Crippen molar-refractivity contribution in [3.63, 3.8) is 0 Å². The van der Waals surface area contributed by atoms with Gasteiger partial charge in [0, 0.05) is 5.92 Å². The van der Waals surface area contributed by atoms with Gasteiger partial charge in [0.15, 0.2) is 6.10 Å². The molecule has 0 bridgehead atoms. The van der Waals surface area contributed by atoms with Crippen LogP contribution in [0.2, 0.25) is 0 Å². The third kappa shape index (κ3) is 4.18. The lowest BCUT2D eigenvalue weighted by Crippen LogP contribution is -2.37. The summed E-state index contributed by atoms with van der Waals surface area (Å²) in [6, 6.07) is 7.92. The van der Waals surface area contributed by atoms with Crippen LogP contribution in [0, 0.1) is 0 Å². The first-order valence-corrected chi connectivity index (χ1v) is 7.13. The third-order valence-corrected chi connectivity index (χ3v) is 3.75. The number of halogens is 3. The van der Waals surface area contributed by atoms with Crippen molar-refractivity contribution in [1.82, 2.24) is 0 Å². The van der Waals surface area contributed by atoms with Gasteiger partial charge in [-0.3, -0.25) is 0 Å². The molecule has 0 aliphatic carbocycles. The molecule has 0 spiro atoms. The molecule has 2 atom stereocenters. The second kappa shape index (κ2) is 6.44. The SMILES string of the molecule is COC(=O)[C@H](OS(=O)(=O)C(F)(F)F)C(C)c1ccccc1. The van der Waals surface area contributed by atoms with Crippen LogP contribution in [-0.4, -0.2) is 33.1 Å². The van der Waals surface area contributed by atoms with E-state index < -0.39 is 33.6 Å². The lowest BCUT2D eigenvalue weighted by molar-refractivity contribution is -0.150. The van der Waals surface area contributed by atoms with E-state index >= 15 is 0 Å². The molecule has 5 nitrogen and oxygen atoms in total. The number of hydrogen-bond acceptors (Lipinski definition) is 5. The molecule has 118 valence electrons. The first-order chi connectivity index (χ1) is 9.60. The Morgan fingerprint density at radius 2 is 1.71 bits per heavy atom. The van der Waals surface area contributed by atoms with Crippen LogP contribution in [0.3, 0.4) is 0 Å². The Morgan fingerprint density at radius 1 is 1.19 bits per heavy atom. The lowest BCUT2D eigenvalue weighted by Gasteiger charge is -2.22. The molecule has 0 amide bonds. The quantitative estimate of drug-likeness (QED) is 0.471. The highest BCUT2D eigenvalue weighted by molar-refractivity contribution is 7.87. The summed E-state index contributed by atoms with van der Waals surface area (Å²) in [6.45, 7) is 1.36. The van der Waals surface area contributed by atoms with Crippen LogP contribution >= 0.6 is 0 Å². The second-order valence-corrected chi connectivity index (χ2v) is 5.70. The minimum Gasteiger partial charge on any atom is -0.467 e. The summed E-state index contributed by atoms with van der Waals surface area (Å²) < 4.78 is 67.6. The fraction of sp³-hybridized carbons (Fsp3) is 0.417. The molecule has 0 radical (unpaired) electrons. The number of rotatable bonds is 5. The molecule has 0 aliphatic heterocycles. The Balaban J connectivity index is 3.11. The zero-order chi connectivity index (χ0) is 16.3. The van der Waals surface area contributed by atoms with Crippen molar-refractivity contribution in [3.8, 4) is 0 Å². The number of alkyl halides is 3. The lowest BCUT2D eigenvalue weighted by atomic mass is 9.95. The van der Waals surface area contributed by atoms with Crippen molar-refractivity contribution in [2.75, 3.05) is 7.11 Å². The first-order valence-electron chi connectivity index (χ1n) is 5.72. The van der Waals surface area contributed by atoms with Crippen molar-refractivity contribution in [1.29, 1.82) is 0 Å². The standard InChI is InChI=1S/C12H13F3O5S/c1-8(9-6-4-3-5-7-9)10(11(16)19-2)20-21(17,18)12(13,14)15/h3-8,10H,1-2H3/t8?,10-/m1/s1. The van der Waals surface area contributed by atoms with Gasteiger partial charge in [0.05, 0.1) is 7.11 Å². The van der Waals surface area contributed by atoms with E-state index in [1.807, 2.05) is 0 Å². The molecule has 0 aliphatic rings. The molecule has 0 heterocycles. The Bertz CT molecular complexity index is 583. The van der Waals surface area contributed by atoms with Gasteiger partial charge in [0.2, 0.25) is 0 Å². The molecule has 0 aromatic heterocycles. The summed E-state index contributed by atoms with van der Waals surface area (Å²) in [5, 5.41) is 0. The Labute approximate surface area is 119 Å². The van der Waals surface area contributed by atoms with Gasteiger partial charge < -0.3 is 4.74 Å². The molecule has 0 saturated carbocycles. The van der Waals surface area contributed by atoms with Gasteiger partial charge in [-0.2, -0.15) is 21.6 Å². The minimum absolute atomic E-state index is 0.435. The van der Waals surface area contributed by atoms with Gasteiger partial charge in [0.1, 0.15) is 0 Å². The van der Waals surface area contributed by atoms with Crippen LogP contribution in [0.5, 0.6) is 0 Å². The van der Waals surface area contributed by atoms with Crippen LogP contribution in [0.25, 0.3) is 0 Å². The highest BCUT2D eigenvalue weighted by Crippen LogP contribution is 2.30. The van der Waals surface area contributed by atoms with Crippen LogP contribution in [0.1, 0.15) is 18.4 Å². The Kier molecular flexibility index (Phi) is 5.35. The highest BCUT2D eigenvalue weighted by Gasteiger charge is 2.50. The van der Waals surface area contributed by atoms with Gasteiger partial charge >= 0.3 is 21.6 Å². The number of ether oxygens (including phenoxy) is 1. The fourth-order valence-corrected chi connectivity index (χ4v) is 2.19. The van der Waals surface area contributed by atoms with E-state index in [2.05, 4.69) is 8.92 Å². The average Bonchev–Trinajstić information content (AvgIpc) is 2.43. The van der Waals surface area contributed by atoms with E-state index in [-0.39, 0.29) is 0 Å². The average molecular weight is 326 g/mol. The second-order valence-electron chi connectivity index (χ2n) is 4.14. The number of methoxy groups -OCH3 is 1. The Hall–Kier alpha value is -1.61. The first kappa shape index (κ1) is 17.4. The molecule has 9 heteroatoms. The number of carbonyl (C=O) groups is 1. The maximum absolute atomic E-state index is 12.4. The summed E-state index contributed by atoms with van der Waals surface area (Å²) >= 11 is 0. The summed E-state index contributed by atoms with van der Waals surface area (Å²) in [5.41, 5.74) is -5.18. The monoisotopic (exact) mass is 326 g/mol. The van der Waals surface area contributed by atoms with E-state index in [9.17, 15) is 26.4 Å². The maximum atomic E-state index is 12.4. The van der Waals surface area contributed by atoms with Crippen molar-refractivity contribution in [3.05, 3.63) is 35.9 Å². The van der Waals surface area contributed by atoms with Crippen LogP contribution in [-0.2, 0) is 23.8 Å². The van der Waals surface area contributed by atoms with E-state index in [0.29, 0.717) is 5.56 Å². The van der Waals surface area contributed by atoms with Gasteiger partial charge in [-0.15, -0.1) is 0 Å². The smallest absolute Gasteiger partial charge is 0.467 e. The number of hydrogen-bond donors (Lipinski definition) is 0. The zero-order valence-corrected chi connectivity index (χ0v) is 11.9. The number of esters is 1. The summed E-state index contributed by atoms with van der Waals surface area (Å²) in [6.07, 6.45) is -1.93. The normalized spacial score (nSPS) is 15.3. The summed E-state index contributed by atoms with van der Waals surface area (Å²) in [4.78, 5) is 11.6. The van der Waals surface area contributed by atoms with Crippen LogP contribution < -0.4 is 0 Å². The van der Waals surface area contributed by atoms with E-state index in [4.69, 9.17) is 0 Å². The maximum Gasteiger partial charge on any atom is 0.523 e. The molecule has 1 unspecified atom stereocenters. The van der Waals surface area contributed by atoms with Gasteiger partial charge in [-0.1, -0.05) is 37.3 Å². The van der Waals surface area contributed by atoms with Gasteiger partial charge in [0.25, 0.3) is 0 Å². The largest absolute Gasteiger partial charge is 0.523 e. The fourth-order valence-electron chi connectivity index (χ4n) is 1.57. The molecule has 1 rings (SSSR count). The predicted molar refractivity (Wildman–Crippen MR) is 66.7 cm³/mol. The number of benzene rings is 1. The summed E-state index contributed by atoms with van der Waals surface area (Å²) in [7, 11) is -4.98. The van der Waals surface area contributed by atoms with E-state index in [1.165, 1.54) is 19.1 Å². The highest BCUT2D eigenvalue weighted by atomic mass is 32.2.